The van der Waals surface area contributed by atoms with E-state index in [4.69, 9.17) is 0 Å². The molecule has 0 rings (SSSR count). The van der Waals surface area contributed by atoms with E-state index in [0.717, 1.165) is 25.4 Å². The maximum absolute atomic E-state index is 11.2. The van der Waals surface area contributed by atoms with E-state index in [1.165, 1.54) is 19.3 Å². The lowest BCUT2D eigenvalue weighted by atomic mass is 10.1. The zero-order valence-corrected chi connectivity index (χ0v) is 11.8. The highest BCUT2D eigenvalue weighted by Gasteiger charge is 2.05. The Morgan fingerprint density at radius 2 is 1.69 bits per heavy atom. The molecule has 3 nitrogen and oxygen atoms in total. The summed E-state index contributed by atoms with van der Waals surface area (Å²) in [5.74, 6) is 1.37. The fourth-order valence-electron chi connectivity index (χ4n) is 1.49. The van der Waals surface area contributed by atoms with Gasteiger partial charge in [0.1, 0.15) is 9.84 Å². The van der Waals surface area contributed by atoms with Crippen LogP contribution in [0.3, 0.4) is 0 Å². The van der Waals surface area contributed by atoms with Crippen LogP contribution in [0.15, 0.2) is 0 Å². The lowest BCUT2D eigenvalue weighted by molar-refractivity contribution is 0.520. The number of hydrogen-bond acceptors (Lipinski definition) is 3. The smallest absolute Gasteiger partial charge is 0.150 e. The number of hydrogen-bond donors (Lipinski definition) is 1. The van der Waals surface area contributed by atoms with E-state index >= 15 is 0 Å². The molecule has 4 heteroatoms. The van der Waals surface area contributed by atoms with Gasteiger partial charge < -0.3 is 5.32 Å². The van der Waals surface area contributed by atoms with E-state index in [9.17, 15) is 8.42 Å². The van der Waals surface area contributed by atoms with Crippen LogP contribution in [0.25, 0.3) is 0 Å². The van der Waals surface area contributed by atoms with Crippen molar-refractivity contribution in [2.45, 2.75) is 46.5 Å². The zero-order valence-electron chi connectivity index (χ0n) is 11.0. The summed E-state index contributed by atoms with van der Waals surface area (Å²) in [6.07, 6.45) is 4.48. The van der Waals surface area contributed by atoms with Crippen molar-refractivity contribution < 1.29 is 8.42 Å². The van der Waals surface area contributed by atoms with Gasteiger partial charge in [0.2, 0.25) is 0 Å². The molecule has 0 spiro atoms. The number of nitrogens with one attached hydrogen (secondary N) is 1. The maximum atomic E-state index is 11.2. The highest BCUT2D eigenvalue weighted by molar-refractivity contribution is 7.91. The molecule has 98 valence electrons. The Morgan fingerprint density at radius 1 is 1.06 bits per heavy atom. The average molecular weight is 249 g/mol. The maximum Gasteiger partial charge on any atom is 0.150 e. The summed E-state index contributed by atoms with van der Waals surface area (Å²) in [6, 6.07) is 0. The van der Waals surface area contributed by atoms with Crippen LogP contribution in [0.4, 0.5) is 0 Å². The molecule has 0 amide bonds. The fraction of sp³-hybridized carbons (Fsp3) is 1.00. The molecule has 1 N–H and O–H groups in total. The first-order valence-electron chi connectivity index (χ1n) is 6.39. The summed E-state index contributed by atoms with van der Waals surface area (Å²) in [7, 11) is -2.77. The molecule has 0 aromatic carbocycles. The van der Waals surface area contributed by atoms with Gasteiger partial charge in [-0.3, -0.25) is 0 Å². The van der Waals surface area contributed by atoms with Crippen LogP contribution < -0.4 is 5.32 Å². The number of unbranched alkanes of at least 4 members (excludes halogenated alkanes) is 1. The van der Waals surface area contributed by atoms with Gasteiger partial charge in [0.25, 0.3) is 0 Å². The summed E-state index contributed by atoms with van der Waals surface area (Å²) >= 11 is 0. The molecule has 0 aromatic rings. The Balaban J connectivity index is 3.22. The van der Waals surface area contributed by atoms with Crippen LogP contribution >= 0.6 is 0 Å². The highest BCUT2D eigenvalue weighted by atomic mass is 32.2. The van der Waals surface area contributed by atoms with Gasteiger partial charge in [-0.1, -0.05) is 33.6 Å². The third kappa shape index (κ3) is 10.4. The van der Waals surface area contributed by atoms with Gasteiger partial charge in [0, 0.05) is 5.75 Å². The predicted octanol–water partition coefficient (Wildman–Crippen LogP) is 2.23. The molecule has 0 bridgehead atoms. The third-order valence-electron chi connectivity index (χ3n) is 2.63. The van der Waals surface area contributed by atoms with E-state index < -0.39 is 9.84 Å². The first kappa shape index (κ1) is 15.9. The molecule has 0 unspecified atom stereocenters. The highest BCUT2D eigenvalue weighted by Crippen LogP contribution is 2.04. The molecular weight excluding hydrogens is 222 g/mol. The molecule has 0 atom stereocenters. The van der Waals surface area contributed by atoms with Gasteiger partial charge in [-0.25, -0.2) is 8.42 Å². The summed E-state index contributed by atoms with van der Waals surface area (Å²) < 4.78 is 22.4. The molecule has 0 aliphatic carbocycles. The summed E-state index contributed by atoms with van der Waals surface area (Å²) in [5.41, 5.74) is 0. The summed E-state index contributed by atoms with van der Waals surface area (Å²) in [4.78, 5) is 0. The minimum atomic E-state index is -2.77. The lowest BCUT2D eigenvalue weighted by Crippen LogP contribution is -2.20. The Hall–Kier alpha value is -0.0900. The van der Waals surface area contributed by atoms with Crippen LogP contribution in [0.5, 0.6) is 0 Å². The van der Waals surface area contributed by atoms with Gasteiger partial charge >= 0.3 is 0 Å². The molecule has 0 aromatic heterocycles. The van der Waals surface area contributed by atoms with Crippen LogP contribution in [0.1, 0.15) is 46.5 Å². The van der Waals surface area contributed by atoms with E-state index in [1.54, 1.807) is 6.92 Å². The topological polar surface area (TPSA) is 46.2 Å². The zero-order chi connectivity index (χ0) is 12.4. The second-order valence-corrected chi connectivity index (χ2v) is 7.20. The summed E-state index contributed by atoms with van der Waals surface area (Å²) in [5, 5.41) is 3.29. The van der Waals surface area contributed by atoms with Crippen molar-refractivity contribution >= 4 is 9.84 Å². The Morgan fingerprint density at radius 3 is 2.25 bits per heavy atom. The molecule has 16 heavy (non-hydrogen) atoms. The third-order valence-corrected chi connectivity index (χ3v) is 4.42. The predicted molar refractivity (Wildman–Crippen MR) is 70.5 cm³/mol. The molecular formula is C12H27NO2S. The Bertz CT molecular complexity index is 248. The first-order valence-corrected chi connectivity index (χ1v) is 8.21. The lowest BCUT2D eigenvalue weighted by Gasteiger charge is -2.06. The quantitative estimate of drug-likeness (QED) is 0.604. The van der Waals surface area contributed by atoms with Crippen LogP contribution in [0, 0.1) is 5.92 Å². The van der Waals surface area contributed by atoms with Crippen molar-refractivity contribution in [1.82, 2.24) is 5.32 Å². The van der Waals surface area contributed by atoms with Crippen molar-refractivity contribution in [2.24, 2.45) is 5.92 Å². The minimum absolute atomic E-state index is 0.265. The van der Waals surface area contributed by atoms with E-state index in [1.807, 2.05) is 0 Å². The molecule has 0 fully saturated rings. The van der Waals surface area contributed by atoms with E-state index in [2.05, 4.69) is 19.2 Å². The van der Waals surface area contributed by atoms with Crippen molar-refractivity contribution in [3.8, 4) is 0 Å². The van der Waals surface area contributed by atoms with Crippen molar-refractivity contribution in [1.29, 1.82) is 0 Å². The second-order valence-electron chi connectivity index (χ2n) is 4.73. The molecule has 0 heterocycles. The number of rotatable bonds is 10. The van der Waals surface area contributed by atoms with Gasteiger partial charge in [-0.05, 0) is 31.8 Å². The van der Waals surface area contributed by atoms with Gasteiger partial charge in [-0.15, -0.1) is 0 Å². The Labute approximate surface area is 101 Å². The van der Waals surface area contributed by atoms with Crippen molar-refractivity contribution in [3.63, 3.8) is 0 Å². The fourth-order valence-corrected chi connectivity index (χ4v) is 2.36. The number of sulfone groups is 1. The van der Waals surface area contributed by atoms with E-state index in [0.29, 0.717) is 5.75 Å². The molecule has 0 aliphatic heterocycles. The minimum Gasteiger partial charge on any atom is -0.317 e. The van der Waals surface area contributed by atoms with E-state index in [-0.39, 0.29) is 5.75 Å². The molecule has 0 aliphatic rings. The first-order chi connectivity index (χ1) is 7.48. The van der Waals surface area contributed by atoms with Crippen LogP contribution in [-0.4, -0.2) is 33.0 Å². The molecule has 0 saturated heterocycles. The molecule has 0 saturated carbocycles. The van der Waals surface area contributed by atoms with Crippen LogP contribution in [0.2, 0.25) is 0 Å². The summed E-state index contributed by atoms with van der Waals surface area (Å²) in [6.45, 7) is 8.01. The standard InChI is InChI=1S/C12H27NO2S/c1-4-16(14,15)11-7-10-13-9-6-5-8-12(2)3/h12-13H,4-11H2,1-3H3. The normalized spacial score (nSPS) is 12.2. The average Bonchev–Trinajstić information content (AvgIpc) is 2.21. The Kier molecular flexibility index (Phi) is 8.94. The van der Waals surface area contributed by atoms with Crippen molar-refractivity contribution in [2.75, 3.05) is 24.6 Å². The van der Waals surface area contributed by atoms with Gasteiger partial charge in [0.05, 0.1) is 5.75 Å². The van der Waals surface area contributed by atoms with Gasteiger partial charge in [0.15, 0.2) is 0 Å². The second kappa shape index (κ2) is 8.99. The van der Waals surface area contributed by atoms with Crippen molar-refractivity contribution in [3.05, 3.63) is 0 Å². The van der Waals surface area contributed by atoms with Crippen LogP contribution in [-0.2, 0) is 9.84 Å². The largest absolute Gasteiger partial charge is 0.317 e. The van der Waals surface area contributed by atoms with Gasteiger partial charge in [-0.2, -0.15) is 0 Å². The molecule has 0 radical (unpaired) electrons. The monoisotopic (exact) mass is 249 g/mol. The SMILES string of the molecule is CCS(=O)(=O)CCCNCCCCC(C)C.